The average Bonchev–Trinajstić information content (AvgIpc) is 2.18. The van der Waals surface area contributed by atoms with Gasteiger partial charge in [-0.05, 0) is 37.1 Å². The minimum Gasteiger partial charge on any atom is -0.508 e. The highest BCUT2D eigenvalue weighted by Gasteiger charge is 2.05. The lowest BCUT2D eigenvalue weighted by Crippen LogP contribution is -2.10. The highest BCUT2D eigenvalue weighted by atomic mass is 35.5. The molecular formula is C11H19ClN2O. The lowest BCUT2D eigenvalue weighted by Gasteiger charge is -2.11. The fourth-order valence-corrected chi connectivity index (χ4v) is 1.43. The van der Waals surface area contributed by atoms with Gasteiger partial charge in [0.25, 0.3) is 0 Å². The van der Waals surface area contributed by atoms with Gasteiger partial charge in [-0.15, -0.1) is 12.4 Å². The van der Waals surface area contributed by atoms with Gasteiger partial charge in [0, 0.05) is 6.04 Å². The maximum absolute atomic E-state index is 9.26. The number of hydrogen-bond acceptors (Lipinski definition) is 3. The minimum atomic E-state index is 0. The zero-order chi connectivity index (χ0) is 10.4. The summed E-state index contributed by atoms with van der Waals surface area (Å²) in [4.78, 5) is 0. The van der Waals surface area contributed by atoms with Gasteiger partial charge in [0.1, 0.15) is 5.75 Å². The van der Waals surface area contributed by atoms with Crippen molar-refractivity contribution in [2.75, 3.05) is 6.54 Å². The topological polar surface area (TPSA) is 72.3 Å². The molecule has 0 spiro atoms. The van der Waals surface area contributed by atoms with E-state index in [0.29, 0.717) is 6.54 Å². The van der Waals surface area contributed by atoms with Crippen molar-refractivity contribution in [3.05, 3.63) is 29.8 Å². The summed E-state index contributed by atoms with van der Waals surface area (Å²) in [6.07, 6.45) is 2.96. The van der Waals surface area contributed by atoms with Crippen molar-refractivity contribution in [3.8, 4) is 5.75 Å². The molecule has 0 bridgehead atoms. The van der Waals surface area contributed by atoms with Gasteiger partial charge in [-0.2, -0.15) is 0 Å². The second-order valence-electron chi connectivity index (χ2n) is 3.49. The maximum Gasteiger partial charge on any atom is 0.115 e. The van der Waals surface area contributed by atoms with E-state index >= 15 is 0 Å². The first-order valence-electron chi connectivity index (χ1n) is 4.98. The van der Waals surface area contributed by atoms with Crippen LogP contribution in [0.2, 0.25) is 0 Å². The van der Waals surface area contributed by atoms with Crippen LogP contribution >= 0.6 is 12.4 Å². The molecule has 1 rings (SSSR count). The predicted octanol–water partition coefficient (Wildman–Crippen LogP) is 1.94. The number of nitrogens with two attached hydrogens (primary N) is 2. The molecule has 5 N–H and O–H groups in total. The van der Waals surface area contributed by atoms with E-state index in [0.717, 1.165) is 24.8 Å². The van der Waals surface area contributed by atoms with Crippen molar-refractivity contribution in [2.24, 2.45) is 11.5 Å². The maximum atomic E-state index is 9.26. The summed E-state index contributed by atoms with van der Waals surface area (Å²) in [6, 6.07) is 7.12. The summed E-state index contributed by atoms with van der Waals surface area (Å²) < 4.78 is 0. The number of benzene rings is 1. The van der Waals surface area contributed by atoms with E-state index in [1.165, 1.54) is 0 Å². The summed E-state index contributed by atoms with van der Waals surface area (Å²) >= 11 is 0. The van der Waals surface area contributed by atoms with Gasteiger partial charge >= 0.3 is 0 Å². The molecule has 0 saturated carbocycles. The number of phenols is 1. The Kier molecular flexibility index (Phi) is 7.13. The van der Waals surface area contributed by atoms with Crippen molar-refractivity contribution < 1.29 is 5.11 Å². The van der Waals surface area contributed by atoms with Crippen molar-refractivity contribution in [2.45, 2.75) is 25.3 Å². The fraction of sp³-hybridized carbons (Fsp3) is 0.455. The van der Waals surface area contributed by atoms with Crippen LogP contribution in [0.3, 0.4) is 0 Å². The second-order valence-corrected chi connectivity index (χ2v) is 3.49. The smallest absolute Gasteiger partial charge is 0.115 e. The first-order valence-corrected chi connectivity index (χ1v) is 4.98. The summed E-state index contributed by atoms with van der Waals surface area (Å²) in [5, 5.41) is 9.26. The Bertz CT molecular complexity index is 281. The molecule has 15 heavy (non-hydrogen) atoms. The monoisotopic (exact) mass is 230 g/mol. The van der Waals surface area contributed by atoms with Crippen molar-refractivity contribution in [3.63, 3.8) is 0 Å². The fourth-order valence-electron chi connectivity index (χ4n) is 1.43. The first-order chi connectivity index (χ1) is 6.74. The van der Waals surface area contributed by atoms with Gasteiger partial charge in [-0.1, -0.05) is 18.6 Å². The van der Waals surface area contributed by atoms with Crippen LogP contribution in [-0.2, 0) is 0 Å². The van der Waals surface area contributed by atoms with Gasteiger partial charge in [0.2, 0.25) is 0 Å². The molecule has 0 amide bonds. The average molecular weight is 231 g/mol. The zero-order valence-corrected chi connectivity index (χ0v) is 9.54. The summed E-state index contributed by atoms with van der Waals surface area (Å²) in [6.45, 7) is 0.715. The number of hydrogen-bond donors (Lipinski definition) is 3. The quantitative estimate of drug-likeness (QED) is 0.677. The van der Waals surface area contributed by atoms with E-state index < -0.39 is 0 Å². The Morgan fingerprint density at radius 2 is 2.00 bits per heavy atom. The molecule has 0 unspecified atom stereocenters. The third-order valence-corrected chi connectivity index (χ3v) is 2.27. The Balaban J connectivity index is 0.00000196. The van der Waals surface area contributed by atoms with Gasteiger partial charge < -0.3 is 16.6 Å². The van der Waals surface area contributed by atoms with Crippen molar-refractivity contribution >= 4 is 12.4 Å². The molecular weight excluding hydrogens is 212 g/mol. The largest absolute Gasteiger partial charge is 0.508 e. The van der Waals surface area contributed by atoms with E-state index in [-0.39, 0.29) is 24.2 Å². The summed E-state index contributed by atoms with van der Waals surface area (Å²) in [5.74, 6) is 0.275. The number of halogens is 1. The number of aromatic hydroxyl groups is 1. The van der Waals surface area contributed by atoms with E-state index in [1.807, 2.05) is 12.1 Å². The Hall–Kier alpha value is -0.770. The molecule has 0 aromatic heterocycles. The van der Waals surface area contributed by atoms with Crippen LogP contribution in [0.25, 0.3) is 0 Å². The molecule has 1 atom stereocenters. The van der Waals surface area contributed by atoms with E-state index in [9.17, 15) is 5.11 Å². The van der Waals surface area contributed by atoms with Crippen molar-refractivity contribution in [1.29, 1.82) is 0 Å². The Morgan fingerprint density at radius 3 is 2.60 bits per heavy atom. The Morgan fingerprint density at radius 1 is 1.27 bits per heavy atom. The third kappa shape index (κ3) is 5.02. The molecule has 0 heterocycles. The number of phenolic OH excluding ortho intramolecular Hbond substituents is 1. The Labute approximate surface area is 96.9 Å². The summed E-state index contributed by atoms with van der Waals surface area (Å²) in [7, 11) is 0. The normalized spacial score (nSPS) is 11.9. The van der Waals surface area contributed by atoms with Gasteiger partial charge in [-0.25, -0.2) is 0 Å². The molecule has 0 saturated heterocycles. The lowest BCUT2D eigenvalue weighted by molar-refractivity contribution is 0.473. The van der Waals surface area contributed by atoms with Crippen LogP contribution in [-0.4, -0.2) is 11.7 Å². The second kappa shape index (κ2) is 7.51. The lowest BCUT2D eigenvalue weighted by atomic mass is 10.0. The number of unbranched alkanes of at least 4 members (excludes halogenated alkanes) is 1. The van der Waals surface area contributed by atoms with Gasteiger partial charge in [0.05, 0.1) is 0 Å². The predicted molar refractivity (Wildman–Crippen MR) is 65.2 cm³/mol. The van der Waals surface area contributed by atoms with Crippen LogP contribution in [0.15, 0.2) is 24.3 Å². The van der Waals surface area contributed by atoms with Gasteiger partial charge in [0.15, 0.2) is 0 Å². The molecule has 86 valence electrons. The molecule has 0 radical (unpaired) electrons. The van der Waals surface area contributed by atoms with Crippen LogP contribution in [0, 0.1) is 0 Å². The van der Waals surface area contributed by atoms with E-state index in [4.69, 9.17) is 11.5 Å². The van der Waals surface area contributed by atoms with Gasteiger partial charge in [-0.3, -0.25) is 0 Å². The van der Waals surface area contributed by atoms with E-state index in [1.54, 1.807) is 12.1 Å². The third-order valence-electron chi connectivity index (χ3n) is 2.27. The SMILES string of the molecule is Cl.NCCCC[C@@H](N)c1cccc(O)c1. The molecule has 1 aromatic carbocycles. The number of rotatable bonds is 5. The molecule has 0 fully saturated rings. The molecule has 4 heteroatoms. The molecule has 0 aliphatic carbocycles. The van der Waals surface area contributed by atoms with Crippen molar-refractivity contribution in [1.82, 2.24) is 0 Å². The zero-order valence-electron chi connectivity index (χ0n) is 8.73. The summed E-state index contributed by atoms with van der Waals surface area (Å²) in [5.41, 5.74) is 12.3. The molecule has 0 aliphatic heterocycles. The highest BCUT2D eigenvalue weighted by molar-refractivity contribution is 5.85. The molecule has 0 aliphatic rings. The standard InChI is InChI=1S/C11H18N2O.ClH/c12-7-2-1-6-11(13)9-4-3-5-10(14)8-9;/h3-5,8,11,14H,1-2,6-7,12-13H2;1H/t11-;/m1./s1. The minimum absolute atomic E-state index is 0. The van der Waals surface area contributed by atoms with E-state index in [2.05, 4.69) is 0 Å². The highest BCUT2D eigenvalue weighted by Crippen LogP contribution is 2.20. The van der Waals surface area contributed by atoms with Crippen LogP contribution in [0.1, 0.15) is 30.9 Å². The van der Waals surface area contributed by atoms with Crippen LogP contribution < -0.4 is 11.5 Å². The molecule has 3 nitrogen and oxygen atoms in total. The van der Waals surface area contributed by atoms with Crippen LogP contribution in [0.4, 0.5) is 0 Å². The first kappa shape index (κ1) is 14.2. The molecule has 1 aromatic rings. The van der Waals surface area contributed by atoms with Crippen LogP contribution in [0.5, 0.6) is 5.75 Å².